The molecule has 2 aromatic carbocycles. The summed E-state index contributed by atoms with van der Waals surface area (Å²) in [4.78, 5) is 25.2. The molecule has 0 unspecified atom stereocenters. The lowest BCUT2D eigenvalue weighted by Gasteiger charge is -2.29. The standard InChI is InChI=1S/C24H24N4O5S/c1-3-31-17-12-10-16(11-13-17)21-27-28-24(33-21)34-14-18-19(22(29)32-4-2)20(26-23(30)25-18)15-8-6-5-7-9-15/h5-13,20H,3-4,14H2,1-2H3,(H2,25,26,30)/t20-/m1/s1. The van der Waals surface area contributed by atoms with E-state index in [-0.39, 0.29) is 12.4 Å². The summed E-state index contributed by atoms with van der Waals surface area (Å²) < 4.78 is 16.5. The number of carbonyl (C=O) groups is 2. The molecule has 0 saturated carbocycles. The van der Waals surface area contributed by atoms with Crippen LogP contribution in [0, 0.1) is 0 Å². The van der Waals surface area contributed by atoms with Gasteiger partial charge in [-0.2, -0.15) is 0 Å². The van der Waals surface area contributed by atoms with Crippen LogP contribution in [0.25, 0.3) is 11.5 Å². The van der Waals surface area contributed by atoms with Crippen molar-refractivity contribution < 1.29 is 23.5 Å². The average molecular weight is 481 g/mol. The van der Waals surface area contributed by atoms with Crippen molar-refractivity contribution in [3.8, 4) is 17.2 Å². The Morgan fingerprint density at radius 3 is 2.53 bits per heavy atom. The Bertz CT molecular complexity index is 1180. The molecule has 10 heteroatoms. The van der Waals surface area contributed by atoms with E-state index in [1.807, 2.05) is 61.5 Å². The number of rotatable bonds is 9. The van der Waals surface area contributed by atoms with Gasteiger partial charge in [0.1, 0.15) is 5.75 Å². The number of hydrogen-bond donors (Lipinski definition) is 2. The molecule has 2 amide bonds. The van der Waals surface area contributed by atoms with E-state index in [4.69, 9.17) is 13.9 Å². The van der Waals surface area contributed by atoms with Gasteiger partial charge in [-0.1, -0.05) is 42.1 Å². The van der Waals surface area contributed by atoms with Gasteiger partial charge in [0.25, 0.3) is 5.22 Å². The average Bonchev–Trinajstić information content (AvgIpc) is 3.33. The van der Waals surface area contributed by atoms with E-state index in [2.05, 4.69) is 20.8 Å². The molecule has 176 valence electrons. The number of amides is 2. The first-order valence-electron chi connectivity index (χ1n) is 10.8. The lowest BCUT2D eigenvalue weighted by Crippen LogP contribution is -2.46. The Balaban J connectivity index is 1.56. The number of nitrogens with one attached hydrogen (secondary N) is 2. The fourth-order valence-corrected chi connectivity index (χ4v) is 4.19. The maximum absolute atomic E-state index is 12.8. The zero-order valence-electron chi connectivity index (χ0n) is 18.7. The second kappa shape index (κ2) is 10.9. The first kappa shape index (κ1) is 23.4. The van der Waals surface area contributed by atoms with Crippen molar-refractivity contribution in [2.45, 2.75) is 25.1 Å². The van der Waals surface area contributed by atoms with Crippen molar-refractivity contribution in [1.29, 1.82) is 0 Å². The predicted octanol–water partition coefficient (Wildman–Crippen LogP) is 4.10. The number of benzene rings is 2. The topological polar surface area (TPSA) is 116 Å². The van der Waals surface area contributed by atoms with E-state index in [1.165, 1.54) is 11.8 Å². The molecule has 1 aliphatic rings. The third kappa shape index (κ3) is 5.40. The summed E-state index contributed by atoms with van der Waals surface area (Å²) in [5.74, 6) is 0.852. The molecule has 4 rings (SSSR count). The van der Waals surface area contributed by atoms with Gasteiger partial charge in [-0.25, -0.2) is 9.59 Å². The maximum Gasteiger partial charge on any atom is 0.338 e. The summed E-state index contributed by atoms with van der Waals surface area (Å²) in [5, 5.41) is 14.0. The van der Waals surface area contributed by atoms with E-state index < -0.39 is 18.0 Å². The van der Waals surface area contributed by atoms with Gasteiger partial charge in [0, 0.05) is 17.0 Å². The van der Waals surface area contributed by atoms with Crippen molar-refractivity contribution in [3.63, 3.8) is 0 Å². The largest absolute Gasteiger partial charge is 0.494 e. The van der Waals surface area contributed by atoms with Gasteiger partial charge < -0.3 is 24.5 Å². The molecule has 0 fully saturated rings. The third-order valence-electron chi connectivity index (χ3n) is 4.94. The van der Waals surface area contributed by atoms with Crippen LogP contribution in [0.3, 0.4) is 0 Å². The third-order valence-corrected chi connectivity index (χ3v) is 5.79. The molecule has 0 radical (unpaired) electrons. The summed E-state index contributed by atoms with van der Waals surface area (Å²) in [6.07, 6.45) is 0. The van der Waals surface area contributed by atoms with Crippen molar-refractivity contribution >= 4 is 23.8 Å². The van der Waals surface area contributed by atoms with Crippen LogP contribution < -0.4 is 15.4 Å². The van der Waals surface area contributed by atoms with E-state index in [1.54, 1.807) is 6.92 Å². The number of urea groups is 1. The molecule has 1 aliphatic heterocycles. The molecule has 0 aliphatic carbocycles. The van der Waals surface area contributed by atoms with Crippen LogP contribution in [-0.2, 0) is 9.53 Å². The molecule has 1 atom stereocenters. The molecule has 2 heterocycles. The van der Waals surface area contributed by atoms with Gasteiger partial charge in [0.05, 0.1) is 24.8 Å². The highest BCUT2D eigenvalue weighted by molar-refractivity contribution is 7.99. The van der Waals surface area contributed by atoms with Gasteiger partial charge in [-0.3, -0.25) is 0 Å². The maximum atomic E-state index is 12.8. The SMILES string of the molecule is CCOC(=O)C1=C(CSc2nnc(-c3ccc(OCC)cc3)o2)NC(=O)N[C@@H]1c1ccccc1. The highest BCUT2D eigenvalue weighted by Gasteiger charge is 2.33. The minimum Gasteiger partial charge on any atom is -0.494 e. The number of esters is 1. The minimum atomic E-state index is -0.633. The highest BCUT2D eigenvalue weighted by atomic mass is 32.2. The molecule has 1 aromatic heterocycles. The Labute approximate surface area is 200 Å². The molecular weight excluding hydrogens is 456 g/mol. The van der Waals surface area contributed by atoms with Crippen LogP contribution in [0.2, 0.25) is 0 Å². The molecule has 0 bridgehead atoms. The summed E-state index contributed by atoms with van der Waals surface area (Å²) in [6.45, 7) is 4.46. The van der Waals surface area contributed by atoms with Crippen LogP contribution in [0.1, 0.15) is 25.5 Å². The van der Waals surface area contributed by atoms with Crippen LogP contribution in [-0.4, -0.2) is 41.2 Å². The van der Waals surface area contributed by atoms with Crippen molar-refractivity contribution in [2.75, 3.05) is 19.0 Å². The summed E-state index contributed by atoms with van der Waals surface area (Å²) in [6, 6.07) is 15.6. The van der Waals surface area contributed by atoms with Gasteiger partial charge in [0.15, 0.2) is 0 Å². The van der Waals surface area contributed by atoms with E-state index in [0.717, 1.165) is 16.9 Å². The van der Waals surface area contributed by atoms with E-state index >= 15 is 0 Å². The summed E-state index contributed by atoms with van der Waals surface area (Å²) in [5.41, 5.74) is 2.31. The number of nitrogens with zero attached hydrogens (tertiary/aromatic N) is 2. The monoisotopic (exact) mass is 480 g/mol. The lowest BCUT2D eigenvalue weighted by atomic mass is 9.95. The summed E-state index contributed by atoms with van der Waals surface area (Å²) >= 11 is 1.22. The van der Waals surface area contributed by atoms with E-state index in [9.17, 15) is 9.59 Å². The van der Waals surface area contributed by atoms with Gasteiger partial charge in [0.2, 0.25) is 5.89 Å². The van der Waals surface area contributed by atoms with Crippen LogP contribution in [0.15, 0.2) is 75.5 Å². The second-order valence-electron chi connectivity index (χ2n) is 7.17. The van der Waals surface area contributed by atoms with Crippen molar-refractivity contribution in [3.05, 3.63) is 71.4 Å². The molecule has 34 heavy (non-hydrogen) atoms. The normalized spacial score (nSPS) is 15.5. The van der Waals surface area contributed by atoms with Crippen LogP contribution in [0.4, 0.5) is 4.79 Å². The van der Waals surface area contributed by atoms with Gasteiger partial charge >= 0.3 is 12.0 Å². The number of hydrogen-bond acceptors (Lipinski definition) is 8. The minimum absolute atomic E-state index is 0.216. The highest BCUT2D eigenvalue weighted by Crippen LogP contribution is 2.31. The number of aromatic nitrogens is 2. The first-order valence-corrected chi connectivity index (χ1v) is 11.8. The first-order chi connectivity index (χ1) is 16.6. The van der Waals surface area contributed by atoms with Crippen LogP contribution in [0.5, 0.6) is 5.75 Å². The van der Waals surface area contributed by atoms with Crippen molar-refractivity contribution in [2.24, 2.45) is 0 Å². The Morgan fingerprint density at radius 2 is 1.82 bits per heavy atom. The second-order valence-corrected chi connectivity index (χ2v) is 8.10. The van der Waals surface area contributed by atoms with Gasteiger partial charge in [-0.05, 0) is 43.7 Å². The molecule has 3 aromatic rings. The molecule has 9 nitrogen and oxygen atoms in total. The number of ether oxygens (including phenoxy) is 2. The Hall–Kier alpha value is -3.79. The van der Waals surface area contributed by atoms with Crippen molar-refractivity contribution in [1.82, 2.24) is 20.8 Å². The quantitative estimate of drug-likeness (QED) is 0.347. The number of thioether (sulfide) groups is 1. The molecule has 2 N–H and O–H groups in total. The molecule has 0 saturated heterocycles. The fourth-order valence-electron chi connectivity index (χ4n) is 3.46. The van der Waals surface area contributed by atoms with Gasteiger partial charge in [-0.15, -0.1) is 10.2 Å². The van der Waals surface area contributed by atoms with Crippen LogP contribution >= 0.6 is 11.8 Å². The smallest absolute Gasteiger partial charge is 0.338 e. The predicted molar refractivity (Wildman–Crippen MR) is 126 cm³/mol. The fraction of sp³-hybridized carbons (Fsp3) is 0.250. The van der Waals surface area contributed by atoms with E-state index in [0.29, 0.717) is 29.0 Å². The molecular formula is C24H24N4O5S. The number of carbonyl (C=O) groups excluding carboxylic acids is 2. The zero-order valence-corrected chi connectivity index (χ0v) is 19.6. The zero-order chi connectivity index (χ0) is 23.9. The molecule has 0 spiro atoms. The summed E-state index contributed by atoms with van der Waals surface area (Å²) in [7, 11) is 0. The lowest BCUT2D eigenvalue weighted by molar-refractivity contribution is -0.139. The Morgan fingerprint density at radius 1 is 1.06 bits per heavy atom. The Kier molecular flexibility index (Phi) is 7.48.